The molecule has 3 unspecified atom stereocenters. The number of amides is 2. The second kappa shape index (κ2) is 13.0. The molecule has 1 aliphatic carbocycles. The molecule has 2 N–H and O–H groups in total. The molecule has 3 aromatic rings. The molecular formula is C32H37F3N4O2S. The number of benzene rings is 2. The Labute approximate surface area is 248 Å². The van der Waals surface area contributed by atoms with Gasteiger partial charge in [-0.05, 0) is 92.4 Å². The van der Waals surface area contributed by atoms with Crippen LogP contribution in [0.4, 0.5) is 18.3 Å². The number of hydrogen-bond donors (Lipinski definition) is 2. The van der Waals surface area contributed by atoms with Crippen LogP contribution < -0.4 is 10.6 Å². The van der Waals surface area contributed by atoms with Crippen LogP contribution in [0.15, 0.2) is 47.8 Å². The number of hydrogen-bond acceptors (Lipinski definition) is 5. The van der Waals surface area contributed by atoms with Crippen molar-refractivity contribution in [2.45, 2.75) is 82.7 Å². The molecule has 0 bridgehead atoms. The van der Waals surface area contributed by atoms with Crippen molar-refractivity contribution in [3.05, 3.63) is 81.6 Å². The number of likely N-dealkylation sites (tertiary alicyclic amines) is 1. The lowest BCUT2D eigenvalue weighted by Gasteiger charge is -2.37. The molecule has 2 heterocycles. The van der Waals surface area contributed by atoms with Crippen LogP contribution in [0.5, 0.6) is 0 Å². The summed E-state index contributed by atoms with van der Waals surface area (Å²) in [7, 11) is 0. The lowest BCUT2D eigenvalue weighted by atomic mass is 9.81. The van der Waals surface area contributed by atoms with Gasteiger partial charge in [0.25, 0.3) is 0 Å². The molecule has 1 aromatic heterocycles. The van der Waals surface area contributed by atoms with Gasteiger partial charge in [-0.3, -0.25) is 9.59 Å². The summed E-state index contributed by atoms with van der Waals surface area (Å²) in [5.41, 5.74) is 2.29. The van der Waals surface area contributed by atoms with Gasteiger partial charge in [0.05, 0.1) is 17.2 Å². The maximum atomic E-state index is 14.2. The van der Waals surface area contributed by atoms with Crippen LogP contribution in [0.3, 0.4) is 0 Å². The fraction of sp³-hybridized carbons (Fsp3) is 0.469. The van der Waals surface area contributed by atoms with E-state index in [2.05, 4.69) is 20.5 Å². The maximum absolute atomic E-state index is 14.2. The molecule has 3 atom stereocenters. The minimum Gasteiger partial charge on any atom is -0.349 e. The number of piperidine rings is 1. The number of nitrogens with one attached hydrogen (secondary N) is 2. The highest BCUT2D eigenvalue weighted by Crippen LogP contribution is 2.45. The Morgan fingerprint density at radius 2 is 1.74 bits per heavy atom. The number of aromatic nitrogens is 1. The number of carbonyl (C=O) groups excluding carboxylic acids is 2. The number of halogens is 3. The smallest absolute Gasteiger partial charge is 0.232 e. The zero-order chi connectivity index (χ0) is 29.9. The first-order valence-electron chi connectivity index (χ1n) is 14.5. The van der Waals surface area contributed by atoms with E-state index in [1.165, 1.54) is 36.5 Å². The molecule has 5 rings (SSSR count). The fourth-order valence-electron chi connectivity index (χ4n) is 6.53. The van der Waals surface area contributed by atoms with Crippen molar-refractivity contribution in [3.63, 3.8) is 0 Å². The molecule has 10 heteroatoms. The zero-order valence-corrected chi connectivity index (χ0v) is 24.8. The van der Waals surface area contributed by atoms with Gasteiger partial charge in [0.15, 0.2) is 5.13 Å². The van der Waals surface area contributed by atoms with Crippen molar-refractivity contribution >= 4 is 28.3 Å². The van der Waals surface area contributed by atoms with Gasteiger partial charge in [-0.15, -0.1) is 11.3 Å². The second-order valence-electron chi connectivity index (χ2n) is 11.6. The Bertz CT molecular complexity index is 1380. The van der Waals surface area contributed by atoms with E-state index in [1.54, 1.807) is 12.1 Å². The van der Waals surface area contributed by atoms with E-state index in [1.807, 2.05) is 24.4 Å². The summed E-state index contributed by atoms with van der Waals surface area (Å²) in [5, 5.41) is 8.16. The molecule has 224 valence electrons. The summed E-state index contributed by atoms with van der Waals surface area (Å²) in [5.74, 6) is -0.253. The number of thiazole rings is 1. The topological polar surface area (TPSA) is 74.3 Å². The van der Waals surface area contributed by atoms with Gasteiger partial charge in [0.2, 0.25) is 11.8 Å². The first kappa shape index (κ1) is 30.2. The number of nitrogens with zero attached hydrogens (tertiary/aromatic N) is 2. The number of anilines is 1. The van der Waals surface area contributed by atoms with Crippen LogP contribution in [-0.4, -0.2) is 40.8 Å². The third-order valence-electron chi connectivity index (χ3n) is 8.82. The Morgan fingerprint density at radius 3 is 2.36 bits per heavy atom. The van der Waals surface area contributed by atoms with Gasteiger partial charge in [-0.25, -0.2) is 18.2 Å². The third-order valence-corrected chi connectivity index (χ3v) is 9.58. The molecule has 1 saturated heterocycles. The molecule has 0 spiro atoms. The van der Waals surface area contributed by atoms with Crippen LogP contribution in [0, 0.1) is 5.82 Å². The van der Waals surface area contributed by atoms with Gasteiger partial charge in [0, 0.05) is 18.3 Å². The maximum Gasteiger partial charge on any atom is 0.232 e. The van der Waals surface area contributed by atoms with E-state index in [-0.39, 0.29) is 23.7 Å². The first-order valence-corrected chi connectivity index (χ1v) is 15.4. The van der Waals surface area contributed by atoms with Crippen molar-refractivity contribution < 1.29 is 22.8 Å². The minimum absolute atomic E-state index is 0.175. The number of alkyl halides is 2. The number of rotatable bonds is 9. The van der Waals surface area contributed by atoms with Gasteiger partial charge >= 0.3 is 0 Å². The summed E-state index contributed by atoms with van der Waals surface area (Å²) in [4.78, 5) is 33.0. The van der Waals surface area contributed by atoms with E-state index < -0.39 is 24.8 Å². The van der Waals surface area contributed by atoms with E-state index in [9.17, 15) is 22.8 Å². The molecule has 2 fully saturated rings. The lowest BCUT2D eigenvalue weighted by molar-refractivity contribution is -0.127. The van der Waals surface area contributed by atoms with E-state index >= 15 is 0 Å². The minimum atomic E-state index is -0.902. The van der Waals surface area contributed by atoms with Crippen molar-refractivity contribution in [2.75, 3.05) is 18.4 Å². The Hall–Kier alpha value is -3.24. The predicted molar refractivity (Wildman–Crippen MR) is 158 cm³/mol. The summed E-state index contributed by atoms with van der Waals surface area (Å²) < 4.78 is 40.3. The van der Waals surface area contributed by atoms with E-state index in [0.29, 0.717) is 46.3 Å². The molecule has 2 amide bonds. The first-order chi connectivity index (χ1) is 20.2. The summed E-state index contributed by atoms with van der Waals surface area (Å²) in [6.07, 6.45) is 3.92. The molecule has 6 nitrogen and oxygen atoms in total. The summed E-state index contributed by atoms with van der Waals surface area (Å²) in [6.45, 7) is 3.59. The summed E-state index contributed by atoms with van der Waals surface area (Å²) >= 11 is 1.29. The van der Waals surface area contributed by atoms with Gasteiger partial charge in [0.1, 0.15) is 19.2 Å². The zero-order valence-electron chi connectivity index (χ0n) is 24.0. The quantitative estimate of drug-likeness (QED) is 0.287. The van der Waals surface area contributed by atoms with E-state index in [0.717, 1.165) is 37.9 Å². The van der Waals surface area contributed by atoms with Crippen molar-refractivity contribution in [2.24, 2.45) is 0 Å². The van der Waals surface area contributed by atoms with E-state index in [4.69, 9.17) is 0 Å². The summed E-state index contributed by atoms with van der Waals surface area (Å²) in [6, 6.07) is 11.3. The van der Waals surface area contributed by atoms with Crippen molar-refractivity contribution in [1.29, 1.82) is 0 Å². The lowest BCUT2D eigenvalue weighted by Crippen LogP contribution is -2.46. The molecule has 2 aromatic carbocycles. The molecule has 2 aliphatic rings. The normalized spacial score (nSPS) is 22.2. The van der Waals surface area contributed by atoms with Crippen LogP contribution in [0.1, 0.15) is 85.9 Å². The Balaban J connectivity index is 1.34. The molecular weight excluding hydrogens is 561 g/mol. The molecule has 1 aliphatic heterocycles. The second-order valence-corrected chi connectivity index (χ2v) is 12.5. The van der Waals surface area contributed by atoms with Gasteiger partial charge in [-0.2, -0.15) is 0 Å². The average Bonchev–Trinajstić information content (AvgIpc) is 3.65. The van der Waals surface area contributed by atoms with Crippen LogP contribution in [0.2, 0.25) is 0 Å². The SMILES string of the molecule is CC(=O)Nc1nc(C2(C(=O)NC(C)c3cc(CF)cc(CF)c3)CCC(N3CCC(c4ccc(F)cc4)CC3)C2)cs1. The standard InChI is InChI=1S/C32H37F3N4O2S/c1-20(26-14-22(17-33)13-23(15-26)18-34)36-30(41)32(29-19-42-31(38-29)37-21(2)40)10-7-28(16-32)39-11-8-25(9-12-39)24-3-5-27(35)6-4-24/h3-6,13-15,19-20,25,28H,7-12,16-18H2,1-2H3,(H,36,41)(H,37,38,40). The van der Waals surface area contributed by atoms with Crippen LogP contribution in [-0.2, 0) is 28.4 Å². The number of carbonyl (C=O) groups is 2. The molecule has 1 saturated carbocycles. The van der Waals surface area contributed by atoms with Crippen LogP contribution >= 0.6 is 11.3 Å². The largest absolute Gasteiger partial charge is 0.349 e. The molecule has 0 radical (unpaired) electrons. The highest BCUT2D eigenvalue weighted by Gasteiger charge is 2.50. The van der Waals surface area contributed by atoms with Crippen molar-refractivity contribution in [1.82, 2.24) is 15.2 Å². The van der Waals surface area contributed by atoms with Gasteiger partial charge in [-0.1, -0.05) is 30.3 Å². The highest BCUT2D eigenvalue weighted by atomic mass is 32.1. The van der Waals surface area contributed by atoms with Gasteiger partial charge < -0.3 is 15.5 Å². The monoisotopic (exact) mass is 598 g/mol. The third kappa shape index (κ3) is 6.54. The fourth-order valence-corrected chi connectivity index (χ4v) is 7.39. The average molecular weight is 599 g/mol. The Kier molecular flexibility index (Phi) is 9.32. The highest BCUT2D eigenvalue weighted by molar-refractivity contribution is 7.14. The predicted octanol–water partition coefficient (Wildman–Crippen LogP) is 6.73. The Morgan fingerprint density at radius 1 is 1.07 bits per heavy atom. The van der Waals surface area contributed by atoms with Crippen LogP contribution in [0.25, 0.3) is 0 Å². The molecule has 42 heavy (non-hydrogen) atoms. The van der Waals surface area contributed by atoms with Crippen molar-refractivity contribution in [3.8, 4) is 0 Å².